The van der Waals surface area contributed by atoms with Gasteiger partial charge in [-0.3, -0.25) is 0 Å². The van der Waals surface area contributed by atoms with Gasteiger partial charge in [0.05, 0.1) is 0 Å². The number of ether oxygens (including phenoxy) is 1. The second-order valence-corrected chi connectivity index (χ2v) is 2.58. The first kappa shape index (κ1) is 10.1. The number of hydrogen-bond donors (Lipinski definition) is 1. The standard InChI is InChI=1S/C6H10F3NO/c1-4(10)11-5(2,3)6(7,8)9/h1,10H2,2-3H3. The van der Waals surface area contributed by atoms with Gasteiger partial charge in [0.25, 0.3) is 0 Å². The topological polar surface area (TPSA) is 35.2 Å². The average molecular weight is 169 g/mol. The maximum Gasteiger partial charge on any atom is 0.427 e. The molecule has 0 aromatic heterocycles. The Bertz CT molecular complexity index is 162. The Morgan fingerprint density at radius 2 is 1.73 bits per heavy atom. The lowest BCUT2D eigenvalue weighted by Crippen LogP contribution is -2.42. The van der Waals surface area contributed by atoms with Gasteiger partial charge in [0, 0.05) is 0 Å². The molecule has 5 heteroatoms. The number of rotatable bonds is 2. The van der Waals surface area contributed by atoms with E-state index >= 15 is 0 Å². The molecule has 0 aromatic carbocycles. The fourth-order valence-electron chi connectivity index (χ4n) is 0.386. The van der Waals surface area contributed by atoms with Gasteiger partial charge in [-0.25, -0.2) is 0 Å². The molecule has 0 fully saturated rings. The molecule has 0 bridgehead atoms. The molecule has 2 N–H and O–H groups in total. The van der Waals surface area contributed by atoms with E-state index in [4.69, 9.17) is 5.73 Å². The zero-order chi connectivity index (χ0) is 9.28. The summed E-state index contributed by atoms with van der Waals surface area (Å²) in [7, 11) is 0. The van der Waals surface area contributed by atoms with Crippen molar-refractivity contribution in [3.63, 3.8) is 0 Å². The van der Waals surface area contributed by atoms with Crippen molar-refractivity contribution in [3.8, 4) is 0 Å². The molecule has 0 radical (unpaired) electrons. The monoisotopic (exact) mass is 169 g/mol. The molecule has 2 nitrogen and oxygen atoms in total. The first-order valence-corrected chi connectivity index (χ1v) is 2.87. The molecule has 0 atom stereocenters. The molecule has 11 heavy (non-hydrogen) atoms. The van der Waals surface area contributed by atoms with Gasteiger partial charge in [0.1, 0.15) is 0 Å². The molecule has 0 heterocycles. The van der Waals surface area contributed by atoms with Gasteiger partial charge >= 0.3 is 6.18 Å². The highest BCUT2D eigenvalue weighted by Gasteiger charge is 2.49. The number of hydrogen-bond acceptors (Lipinski definition) is 2. The minimum absolute atomic E-state index is 0.438. The molecule has 0 unspecified atom stereocenters. The predicted octanol–water partition coefficient (Wildman–Crippen LogP) is 1.77. The van der Waals surface area contributed by atoms with E-state index < -0.39 is 17.7 Å². The van der Waals surface area contributed by atoms with Crippen LogP contribution >= 0.6 is 0 Å². The molecule has 0 aliphatic carbocycles. The van der Waals surface area contributed by atoms with Crippen LogP contribution in [0.3, 0.4) is 0 Å². The number of halogens is 3. The van der Waals surface area contributed by atoms with Crippen molar-refractivity contribution in [1.29, 1.82) is 0 Å². The third kappa shape index (κ3) is 2.69. The minimum atomic E-state index is -4.44. The van der Waals surface area contributed by atoms with Gasteiger partial charge < -0.3 is 10.5 Å². The van der Waals surface area contributed by atoms with Gasteiger partial charge in [-0.15, -0.1) is 0 Å². The van der Waals surface area contributed by atoms with E-state index in [1.54, 1.807) is 0 Å². The average Bonchev–Trinajstić information content (AvgIpc) is 1.56. The largest absolute Gasteiger partial charge is 0.464 e. The fraction of sp³-hybridized carbons (Fsp3) is 0.667. The third-order valence-electron chi connectivity index (χ3n) is 1.07. The smallest absolute Gasteiger partial charge is 0.427 e. The summed E-state index contributed by atoms with van der Waals surface area (Å²) in [6.45, 7) is 4.77. The van der Waals surface area contributed by atoms with E-state index in [-0.39, 0.29) is 0 Å². The van der Waals surface area contributed by atoms with Gasteiger partial charge in [-0.2, -0.15) is 13.2 Å². The zero-order valence-corrected chi connectivity index (χ0v) is 6.33. The van der Waals surface area contributed by atoms with E-state index in [1.807, 2.05) is 0 Å². The normalized spacial score (nSPS) is 12.8. The highest BCUT2D eigenvalue weighted by atomic mass is 19.4. The summed E-state index contributed by atoms with van der Waals surface area (Å²) in [6.07, 6.45) is -4.44. The Morgan fingerprint density at radius 1 is 1.36 bits per heavy atom. The van der Waals surface area contributed by atoms with E-state index in [1.165, 1.54) is 0 Å². The summed E-state index contributed by atoms with van der Waals surface area (Å²) in [5.74, 6) is -0.438. The summed E-state index contributed by atoms with van der Waals surface area (Å²) in [5.41, 5.74) is 2.59. The summed E-state index contributed by atoms with van der Waals surface area (Å²) in [4.78, 5) is 0. The molecule has 0 spiro atoms. The van der Waals surface area contributed by atoms with Crippen molar-refractivity contribution in [2.75, 3.05) is 0 Å². The highest BCUT2D eigenvalue weighted by molar-refractivity contribution is 4.85. The van der Waals surface area contributed by atoms with Crippen LogP contribution in [0.5, 0.6) is 0 Å². The van der Waals surface area contributed by atoms with Crippen LogP contribution < -0.4 is 5.73 Å². The van der Waals surface area contributed by atoms with Crippen LogP contribution in [-0.4, -0.2) is 11.8 Å². The lowest BCUT2D eigenvalue weighted by atomic mass is 10.1. The van der Waals surface area contributed by atoms with Crippen LogP contribution in [0, 0.1) is 0 Å². The van der Waals surface area contributed by atoms with Crippen molar-refractivity contribution in [1.82, 2.24) is 0 Å². The first-order chi connectivity index (χ1) is 4.67. The van der Waals surface area contributed by atoms with Gasteiger partial charge in [-0.05, 0) is 20.4 Å². The second kappa shape index (κ2) is 2.64. The summed E-state index contributed by atoms with van der Waals surface area (Å²) in [6, 6.07) is 0. The van der Waals surface area contributed by atoms with Gasteiger partial charge in [0.2, 0.25) is 0 Å². The Labute approximate surface area is 62.8 Å². The first-order valence-electron chi connectivity index (χ1n) is 2.87. The van der Waals surface area contributed by atoms with E-state index in [9.17, 15) is 13.2 Å². The van der Waals surface area contributed by atoms with Crippen molar-refractivity contribution in [3.05, 3.63) is 12.5 Å². The van der Waals surface area contributed by atoms with Crippen molar-refractivity contribution in [2.45, 2.75) is 25.6 Å². The van der Waals surface area contributed by atoms with Gasteiger partial charge in [-0.1, -0.05) is 0 Å². The summed E-state index contributed by atoms with van der Waals surface area (Å²) < 4.78 is 40.2. The van der Waals surface area contributed by atoms with Crippen LogP contribution in [0.15, 0.2) is 12.5 Å². The Balaban J connectivity index is 4.34. The van der Waals surface area contributed by atoms with Crippen molar-refractivity contribution >= 4 is 0 Å². The summed E-state index contributed by atoms with van der Waals surface area (Å²) in [5, 5.41) is 0. The van der Waals surface area contributed by atoms with Crippen LogP contribution in [0.4, 0.5) is 13.2 Å². The van der Waals surface area contributed by atoms with E-state index in [2.05, 4.69) is 11.3 Å². The molecule has 0 aliphatic rings. The van der Waals surface area contributed by atoms with E-state index in [0.717, 1.165) is 13.8 Å². The summed E-state index contributed by atoms with van der Waals surface area (Å²) >= 11 is 0. The Morgan fingerprint density at radius 3 is 1.82 bits per heavy atom. The lowest BCUT2D eigenvalue weighted by Gasteiger charge is -2.28. The number of nitrogens with two attached hydrogens (primary N) is 1. The molecular formula is C6H10F3NO. The van der Waals surface area contributed by atoms with Crippen LogP contribution in [0.2, 0.25) is 0 Å². The molecule has 66 valence electrons. The molecule has 0 saturated heterocycles. The maximum atomic E-state index is 12.0. The lowest BCUT2D eigenvalue weighted by molar-refractivity contribution is -0.251. The van der Waals surface area contributed by atoms with Crippen LogP contribution in [0.1, 0.15) is 13.8 Å². The minimum Gasteiger partial charge on any atom is -0.464 e. The third-order valence-corrected chi connectivity index (χ3v) is 1.07. The highest BCUT2D eigenvalue weighted by Crippen LogP contribution is 2.33. The second-order valence-electron chi connectivity index (χ2n) is 2.58. The van der Waals surface area contributed by atoms with Gasteiger partial charge in [0.15, 0.2) is 11.5 Å². The molecule has 0 aromatic rings. The number of alkyl halides is 3. The van der Waals surface area contributed by atoms with Crippen LogP contribution in [-0.2, 0) is 4.74 Å². The fourth-order valence-corrected chi connectivity index (χ4v) is 0.386. The quantitative estimate of drug-likeness (QED) is 0.639. The molecular weight excluding hydrogens is 159 g/mol. The Hall–Kier alpha value is -0.870. The van der Waals surface area contributed by atoms with E-state index in [0.29, 0.717) is 0 Å². The zero-order valence-electron chi connectivity index (χ0n) is 6.33. The SMILES string of the molecule is C=C(N)OC(C)(C)C(F)(F)F. The van der Waals surface area contributed by atoms with Crippen molar-refractivity contribution in [2.24, 2.45) is 5.73 Å². The van der Waals surface area contributed by atoms with Crippen molar-refractivity contribution < 1.29 is 17.9 Å². The molecule has 0 saturated carbocycles. The van der Waals surface area contributed by atoms with Crippen LogP contribution in [0.25, 0.3) is 0 Å². The predicted molar refractivity (Wildman–Crippen MR) is 34.5 cm³/mol. The Kier molecular flexibility index (Phi) is 2.43. The molecule has 0 amide bonds. The molecule has 0 aliphatic heterocycles. The molecule has 0 rings (SSSR count). The maximum absolute atomic E-state index is 12.0.